The lowest BCUT2D eigenvalue weighted by atomic mass is 9.88. The molecule has 136 valence electrons. The van der Waals surface area contributed by atoms with E-state index in [4.69, 9.17) is 9.47 Å². The van der Waals surface area contributed by atoms with Crippen molar-refractivity contribution in [3.63, 3.8) is 0 Å². The maximum Gasteiger partial charge on any atom is 0.344 e. The largest absolute Gasteiger partial charge is 0.482 e. The van der Waals surface area contributed by atoms with Crippen molar-refractivity contribution in [2.75, 3.05) is 13.2 Å². The number of carbonyl (C=O) groups is 2. The third-order valence-electron chi connectivity index (χ3n) is 4.22. The molecule has 1 N–H and O–H groups in total. The molecule has 0 fully saturated rings. The molecule has 2 aromatic carbocycles. The Hall–Kier alpha value is -2.34. The Morgan fingerprint density at radius 1 is 1.12 bits per heavy atom. The molecule has 1 atom stereocenters. The number of hydrogen-bond acceptors (Lipinski definition) is 4. The van der Waals surface area contributed by atoms with Crippen LogP contribution in [-0.4, -0.2) is 25.1 Å². The van der Waals surface area contributed by atoms with E-state index < -0.39 is 5.97 Å². The molecule has 1 aliphatic carbocycles. The average molecular weight is 418 g/mol. The minimum absolute atomic E-state index is 0.0240. The van der Waals surface area contributed by atoms with Gasteiger partial charge >= 0.3 is 5.97 Å². The maximum atomic E-state index is 12.1. The van der Waals surface area contributed by atoms with Crippen LogP contribution in [0, 0.1) is 0 Å². The summed E-state index contributed by atoms with van der Waals surface area (Å²) in [4.78, 5) is 23.9. The Bertz CT molecular complexity index is 793. The van der Waals surface area contributed by atoms with Gasteiger partial charge in [0, 0.05) is 4.47 Å². The van der Waals surface area contributed by atoms with E-state index in [2.05, 4.69) is 27.3 Å². The van der Waals surface area contributed by atoms with E-state index in [9.17, 15) is 9.59 Å². The van der Waals surface area contributed by atoms with Crippen molar-refractivity contribution in [1.29, 1.82) is 0 Å². The van der Waals surface area contributed by atoms with E-state index in [1.807, 2.05) is 24.3 Å². The molecule has 1 amide bonds. The van der Waals surface area contributed by atoms with Crippen LogP contribution in [0.4, 0.5) is 0 Å². The smallest absolute Gasteiger partial charge is 0.344 e. The van der Waals surface area contributed by atoms with Gasteiger partial charge in [0.1, 0.15) is 5.75 Å². The van der Waals surface area contributed by atoms with Crippen LogP contribution in [0.3, 0.4) is 0 Å². The molecule has 0 radical (unpaired) electrons. The van der Waals surface area contributed by atoms with Crippen LogP contribution in [0.5, 0.6) is 5.75 Å². The number of ether oxygens (including phenoxy) is 2. The molecule has 0 heterocycles. The molecule has 0 saturated carbocycles. The maximum absolute atomic E-state index is 12.1. The molecule has 0 bridgehead atoms. The third-order valence-corrected chi connectivity index (χ3v) is 4.71. The number of rotatable bonds is 6. The van der Waals surface area contributed by atoms with Crippen LogP contribution >= 0.6 is 15.9 Å². The first-order chi connectivity index (χ1) is 12.6. The number of hydrogen-bond donors (Lipinski definition) is 1. The van der Waals surface area contributed by atoms with E-state index in [-0.39, 0.29) is 25.2 Å². The van der Waals surface area contributed by atoms with Crippen molar-refractivity contribution >= 4 is 27.8 Å². The Balaban J connectivity index is 1.43. The number of benzene rings is 2. The molecular weight excluding hydrogens is 398 g/mol. The van der Waals surface area contributed by atoms with Crippen molar-refractivity contribution in [2.45, 2.75) is 25.3 Å². The van der Waals surface area contributed by atoms with Crippen molar-refractivity contribution in [3.05, 3.63) is 64.1 Å². The molecule has 0 aliphatic heterocycles. The molecule has 6 heteroatoms. The fourth-order valence-corrected chi connectivity index (χ4v) is 3.40. The van der Waals surface area contributed by atoms with Gasteiger partial charge in [0.05, 0.1) is 6.04 Å². The van der Waals surface area contributed by atoms with Crippen LogP contribution in [0.25, 0.3) is 0 Å². The van der Waals surface area contributed by atoms with E-state index in [0.717, 1.165) is 29.3 Å². The van der Waals surface area contributed by atoms with Crippen molar-refractivity contribution in [2.24, 2.45) is 0 Å². The van der Waals surface area contributed by atoms with Gasteiger partial charge in [0.15, 0.2) is 13.2 Å². The first-order valence-electron chi connectivity index (χ1n) is 8.53. The van der Waals surface area contributed by atoms with Crippen LogP contribution < -0.4 is 10.1 Å². The minimum atomic E-state index is -0.579. The van der Waals surface area contributed by atoms with E-state index >= 15 is 0 Å². The summed E-state index contributed by atoms with van der Waals surface area (Å²) in [6.45, 7) is -0.546. The van der Waals surface area contributed by atoms with E-state index in [0.29, 0.717) is 5.75 Å². The van der Waals surface area contributed by atoms with Gasteiger partial charge in [0.25, 0.3) is 5.91 Å². The first-order valence-corrected chi connectivity index (χ1v) is 9.32. The SMILES string of the molecule is O=C(COC(=O)COc1cccc(Br)c1)N[C@@H]1CCCc2ccccc21. The summed E-state index contributed by atoms with van der Waals surface area (Å²) in [7, 11) is 0. The number of carbonyl (C=O) groups excluding carboxylic acids is 2. The van der Waals surface area contributed by atoms with Crippen LogP contribution in [0.2, 0.25) is 0 Å². The molecule has 0 saturated heterocycles. The molecule has 3 rings (SSSR count). The Morgan fingerprint density at radius 3 is 2.81 bits per heavy atom. The number of nitrogens with one attached hydrogen (secondary N) is 1. The number of fused-ring (bicyclic) bond motifs is 1. The van der Waals surface area contributed by atoms with Crippen molar-refractivity contribution < 1.29 is 19.1 Å². The molecular formula is C20H20BrNO4. The molecule has 1 aliphatic rings. The van der Waals surface area contributed by atoms with Gasteiger partial charge in [-0.15, -0.1) is 0 Å². The zero-order chi connectivity index (χ0) is 18.4. The Labute approximate surface area is 160 Å². The fourth-order valence-electron chi connectivity index (χ4n) is 3.03. The molecule has 2 aromatic rings. The number of halogens is 1. The lowest BCUT2D eigenvalue weighted by Crippen LogP contribution is -2.34. The average Bonchev–Trinajstić information content (AvgIpc) is 2.65. The molecule has 0 spiro atoms. The summed E-state index contributed by atoms with van der Waals surface area (Å²) in [6.07, 6.45) is 2.95. The highest BCUT2D eigenvalue weighted by atomic mass is 79.9. The van der Waals surface area contributed by atoms with E-state index in [1.54, 1.807) is 18.2 Å². The summed E-state index contributed by atoms with van der Waals surface area (Å²) in [5, 5.41) is 2.95. The van der Waals surface area contributed by atoms with Gasteiger partial charge in [-0.1, -0.05) is 46.3 Å². The standard InChI is InChI=1S/C20H20BrNO4/c21-15-7-4-8-16(11-15)25-13-20(24)26-12-19(23)22-18-10-3-6-14-5-1-2-9-17(14)18/h1-2,4-5,7-9,11,18H,3,6,10,12-13H2,(H,22,23)/t18-/m1/s1. The van der Waals surface area contributed by atoms with Gasteiger partial charge < -0.3 is 14.8 Å². The second-order valence-electron chi connectivity index (χ2n) is 6.12. The normalized spacial score (nSPS) is 15.7. The summed E-state index contributed by atoms with van der Waals surface area (Å²) >= 11 is 3.33. The molecule has 5 nitrogen and oxygen atoms in total. The van der Waals surface area contributed by atoms with Crippen LogP contribution in [-0.2, 0) is 20.7 Å². The quantitative estimate of drug-likeness (QED) is 0.729. The first kappa shape index (κ1) is 18.5. The highest BCUT2D eigenvalue weighted by molar-refractivity contribution is 9.10. The molecule has 0 aromatic heterocycles. The number of amides is 1. The highest BCUT2D eigenvalue weighted by Gasteiger charge is 2.21. The van der Waals surface area contributed by atoms with Crippen LogP contribution in [0.1, 0.15) is 30.0 Å². The Morgan fingerprint density at radius 2 is 1.96 bits per heavy atom. The van der Waals surface area contributed by atoms with Gasteiger partial charge in [0.2, 0.25) is 0 Å². The second kappa shape index (κ2) is 8.85. The molecule has 26 heavy (non-hydrogen) atoms. The topological polar surface area (TPSA) is 64.6 Å². The predicted molar refractivity (Wildman–Crippen MR) is 101 cm³/mol. The zero-order valence-electron chi connectivity index (χ0n) is 14.2. The second-order valence-corrected chi connectivity index (χ2v) is 7.03. The highest BCUT2D eigenvalue weighted by Crippen LogP contribution is 2.29. The summed E-state index contributed by atoms with van der Waals surface area (Å²) in [5.74, 6) is -0.328. The van der Waals surface area contributed by atoms with Crippen LogP contribution in [0.15, 0.2) is 53.0 Å². The zero-order valence-corrected chi connectivity index (χ0v) is 15.8. The Kier molecular flexibility index (Phi) is 6.28. The lowest BCUT2D eigenvalue weighted by Gasteiger charge is -2.26. The monoisotopic (exact) mass is 417 g/mol. The fraction of sp³-hybridized carbons (Fsp3) is 0.300. The minimum Gasteiger partial charge on any atom is -0.482 e. The lowest BCUT2D eigenvalue weighted by molar-refractivity contribution is -0.150. The predicted octanol–water partition coefficient (Wildman–Crippen LogP) is 3.56. The summed E-state index contributed by atoms with van der Waals surface area (Å²) in [5.41, 5.74) is 2.42. The van der Waals surface area contributed by atoms with Crippen molar-refractivity contribution in [3.8, 4) is 5.75 Å². The summed E-state index contributed by atoms with van der Waals surface area (Å²) < 4.78 is 11.2. The third kappa shape index (κ3) is 5.08. The van der Waals surface area contributed by atoms with Crippen molar-refractivity contribution in [1.82, 2.24) is 5.32 Å². The number of esters is 1. The summed E-state index contributed by atoms with van der Waals surface area (Å²) in [6, 6.07) is 15.2. The van der Waals surface area contributed by atoms with Gasteiger partial charge in [-0.25, -0.2) is 4.79 Å². The number of aryl methyl sites for hydroxylation is 1. The van der Waals surface area contributed by atoms with Gasteiger partial charge in [-0.05, 0) is 48.6 Å². The molecule has 0 unspecified atom stereocenters. The van der Waals surface area contributed by atoms with E-state index in [1.165, 1.54) is 5.56 Å². The van der Waals surface area contributed by atoms with Gasteiger partial charge in [-0.2, -0.15) is 0 Å². The van der Waals surface area contributed by atoms with Gasteiger partial charge in [-0.3, -0.25) is 4.79 Å².